The highest BCUT2D eigenvalue weighted by Gasteiger charge is 2.47. The fourth-order valence-electron chi connectivity index (χ4n) is 1.06. The minimum atomic E-state index is -4.51. The summed E-state index contributed by atoms with van der Waals surface area (Å²) in [7, 11) is 2.19. The quantitative estimate of drug-likeness (QED) is 0.331. The standard InChI is InChI=1S/C4H3F3O3.C4H8O3.C3H4F2O2.C3H3FO3/c5-4(6,7)2-1-9-3(8)10-2;1-3-7-4(5)6-2;1-7-3(6)2(4)5;4-2-1-6-3(5)7-2/h2H,1H2;3H2,1-2H3;2H,1H3;2H,1H2. The van der Waals surface area contributed by atoms with Crippen LogP contribution in [0, 0.1) is 0 Å². The third-order valence-corrected chi connectivity index (χ3v) is 2.32. The lowest BCUT2D eigenvalue weighted by atomic mass is 10.4. The van der Waals surface area contributed by atoms with Crippen molar-refractivity contribution in [2.24, 2.45) is 0 Å². The van der Waals surface area contributed by atoms with Crippen LogP contribution in [0.25, 0.3) is 0 Å². The molecule has 0 N–H and O–H groups in total. The second kappa shape index (κ2) is 15.7. The van der Waals surface area contributed by atoms with Gasteiger partial charge in [-0.05, 0) is 6.92 Å². The summed E-state index contributed by atoms with van der Waals surface area (Å²) >= 11 is 0. The van der Waals surface area contributed by atoms with Crippen molar-refractivity contribution in [3.8, 4) is 0 Å². The van der Waals surface area contributed by atoms with Crippen LogP contribution in [0.2, 0.25) is 0 Å². The van der Waals surface area contributed by atoms with E-state index in [4.69, 9.17) is 0 Å². The summed E-state index contributed by atoms with van der Waals surface area (Å²) in [6.07, 6.45) is -13.9. The molecule has 2 aliphatic heterocycles. The second-order valence-corrected chi connectivity index (χ2v) is 4.51. The molecule has 0 aromatic heterocycles. The number of rotatable bonds is 2. The summed E-state index contributed by atoms with van der Waals surface area (Å²) in [6.45, 7) is 1.09. The molecule has 0 spiro atoms. The van der Waals surface area contributed by atoms with Gasteiger partial charge >= 0.3 is 37.0 Å². The molecule has 0 aliphatic carbocycles. The molecule has 2 fully saturated rings. The van der Waals surface area contributed by atoms with E-state index in [1.807, 2.05) is 0 Å². The molecule has 182 valence electrons. The number of hydrogen-bond donors (Lipinski definition) is 0. The summed E-state index contributed by atoms with van der Waals surface area (Å²) < 4.78 is 95.8. The topological polar surface area (TPSA) is 133 Å². The number of methoxy groups -OCH3 is 2. The van der Waals surface area contributed by atoms with Crippen molar-refractivity contribution in [3.05, 3.63) is 0 Å². The lowest BCUT2D eigenvalue weighted by Gasteiger charge is -2.09. The Balaban J connectivity index is 0. The van der Waals surface area contributed by atoms with E-state index in [1.54, 1.807) is 6.92 Å². The Morgan fingerprint density at radius 3 is 1.68 bits per heavy atom. The highest BCUT2D eigenvalue weighted by atomic mass is 19.4. The van der Waals surface area contributed by atoms with Gasteiger partial charge in [-0.3, -0.25) is 0 Å². The van der Waals surface area contributed by atoms with Crippen molar-refractivity contribution < 1.29 is 78.7 Å². The van der Waals surface area contributed by atoms with Gasteiger partial charge in [0, 0.05) is 0 Å². The molecular weight excluding hydrogens is 458 g/mol. The van der Waals surface area contributed by atoms with Gasteiger partial charge in [0.2, 0.25) is 6.10 Å². The number of cyclic esters (lactones) is 4. The average molecular weight is 476 g/mol. The summed E-state index contributed by atoms with van der Waals surface area (Å²) in [5, 5.41) is 0. The molecule has 2 heterocycles. The van der Waals surface area contributed by atoms with Crippen LogP contribution in [0.4, 0.5) is 40.7 Å². The predicted molar refractivity (Wildman–Crippen MR) is 81.7 cm³/mol. The predicted octanol–water partition coefficient (Wildman–Crippen LogP) is 2.75. The Morgan fingerprint density at radius 1 is 1.03 bits per heavy atom. The minimum Gasteiger partial charge on any atom is -0.465 e. The lowest BCUT2D eigenvalue weighted by Crippen LogP contribution is -2.30. The van der Waals surface area contributed by atoms with Crippen molar-refractivity contribution in [3.63, 3.8) is 0 Å². The van der Waals surface area contributed by atoms with Gasteiger partial charge in [0.15, 0.2) is 6.61 Å². The maximum atomic E-state index is 11.6. The zero-order valence-electron chi connectivity index (χ0n) is 16.1. The van der Waals surface area contributed by atoms with Gasteiger partial charge in [0.25, 0.3) is 6.36 Å². The first-order valence-corrected chi connectivity index (χ1v) is 7.72. The largest absolute Gasteiger partial charge is 0.511 e. The highest BCUT2D eigenvalue weighted by molar-refractivity contribution is 5.72. The van der Waals surface area contributed by atoms with E-state index < -0.39 is 56.1 Å². The van der Waals surface area contributed by atoms with Crippen molar-refractivity contribution in [1.82, 2.24) is 0 Å². The van der Waals surface area contributed by atoms with Crippen molar-refractivity contribution >= 4 is 24.4 Å². The third-order valence-electron chi connectivity index (χ3n) is 2.32. The third kappa shape index (κ3) is 16.4. The van der Waals surface area contributed by atoms with Gasteiger partial charge in [-0.15, -0.1) is 0 Å². The van der Waals surface area contributed by atoms with E-state index >= 15 is 0 Å². The van der Waals surface area contributed by atoms with Crippen LogP contribution in [0.3, 0.4) is 0 Å². The Morgan fingerprint density at radius 2 is 1.55 bits per heavy atom. The number of ether oxygens (including phenoxy) is 7. The van der Waals surface area contributed by atoms with Gasteiger partial charge in [-0.2, -0.15) is 26.3 Å². The Labute approximate surface area is 170 Å². The number of hydrogen-bond acceptors (Lipinski definition) is 11. The Kier molecular flexibility index (Phi) is 15.2. The van der Waals surface area contributed by atoms with Crippen molar-refractivity contribution in [2.45, 2.75) is 32.0 Å². The van der Waals surface area contributed by atoms with E-state index in [9.17, 15) is 45.5 Å². The maximum Gasteiger partial charge on any atom is 0.511 e. The van der Waals surface area contributed by atoms with Gasteiger partial charge in [-0.25, -0.2) is 19.2 Å². The van der Waals surface area contributed by atoms with Crippen LogP contribution in [0.15, 0.2) is 0 Å². The van der Waals surface area contributed by atoms with E-state index in [0.717, 1.165) is 7.11 Å². The first-order chi connectivity index (χ1) is 14.3. The zero-order chi connectivity index (χ0) is 24.6. The normalized spacial score (nSPS) is 18.8. The Bertz CT molecular complexity index is 563. The summed E-state index contributed by atoms with van der Waals surface area (Å²) in [4.78, 5) is 39.2. The number of halogens is 6. The van der Waals surface area contributed by atoms with Crippen LogP contribution in [-0.2, 0) is 38.0 Å². The monoisotopic (exact) mass is 476 g/mol. The van der Waals surface area contributed by atoms with Gasteiger partial charge in [0.05, 0.1) is 20.8 Å². The van der Waals surface area contributed by atoms with E-state index in [1.165, 1.54) is 7.11 Å². The van der Waals surface area contributed by atoms with Gasteiger partial charge in [-0.1, -0.05) is 0 Å². The SMILES string of the molecule is CCOC(=O)OC.COC(=O)C(F)F.O=C1OCC(C(F)(F)F)O1.O=C1OCC(F)O1. The molecule has 2 aliphatic rings. The van der Waals surface area contributed by atoms with Crippen LogP contribution < -0.4 is 0 Å². The molecule has 11 nitrogen and oxygen atoms in total. The molecule has 0 bridgehead atoms. The summed E-state index contributed by atoms with van der Waals surface area (Å²) in [5.41, 5.74) is 0. The van der Waals surface area contributed by atoms with E-state index in [0.29, 0.717) is 6.61 Å². The highest BCUT2D eigenvalue weighted by Crippen LogP contribution is 2.26. The fraction of sp³-hybridized carbons (Fsp3) is 0.714. The average Bonchev–Trinajstić information content (AvgIpc) is 3.30. The molecule has 2 unspecified atom stereocenters. The first-order valence-electron chi connectivity index (χ1n) is 7.72. The fourth-order valence-corrected chi connectivity index (χ4v) is 1.06. The van der Waals surface area contributed by atoms with Crippen LogP contribution in [-0.4, -0.2) is 83.5 Å². The summed E-state index contributed by atoms with van der Waals surface area (Å²) in [6, 6.07) is 0. The molecule has 31 heavy (non-hydrogen) atoms. The van der Waals surface area contributed by atoms with E-state index in [-0.39, 0.29) is 6.61 Å². The van der Waals surface area contributed by atoms with Crippen LogP contribution >= 0.6 is 0 Å². The van der Waals surface area contributed by atoms with Gasteiger partial charge < -0.3 is 33.2 Å². The van der Waals surface area contributed by atoms with Crippen molar-refractivity contribution in [1.29, 1.82) is 0 Å². The lowest BCUT2D eigenvalue weighted by molar-refractivity contribution is -0.193. The Hall–Kier alpha value is -3.14. The molecule has 0 aromatic rings. The molecular formula is C14H18F6O11. The first kappa shape index (κ1) is 30.1. The molecule has 2 rings (SSSR count). The number of alkyl halides is 6. The molecule has 0 aromatic carbocycles. The van der Waals surface area contributed by atoms with E-state index in [2.05, 4.69) is 33.2 Å². The molecule has 17 heteroatoms. The number of carbonyl (C=O) groups excluding carboxylic acids is 4. The number of carbonyl (C=O) groups is 4. The molecule has 2 atom stereocenters. The van der Waals surface area contributed by atoms with Crippen molar-refractivity contribution in [2.75, 3.05) is 34.0 Å². The molecule has 2 saturated heterocycles. The molecule has 0 saturated carbocycles. The molecule has 0 amide bonds. The van der Waals surface area contributed by atoms with Gasteiger partial charge in [0.1, 0.15) is 6.61 Å². The smallest absolute Gasteiger partial charge is 0.465 e. The van der Waals surface area contributed by atoms with Crippen LogP contribution in [0.1, 0.15) is 6.92 Å². The number of esters is 1. The maximum absolute atomic E-state index is 11.6. The molecule has 0 radical (unpaired) electrons. The zero-order valence-corrected chi connectivity index (χ0v) is 16.1. The minimum absolute atomic E-state index is 0.265. The van der Waals surface area contributed by atoms with Crippen LogP contribution in [0.5, 0.6) is 0 Å². The second-order valence-electron chi connectivity index (χ2n) is 4.51. The summed E-state index contributed by atoms with van der Waals surface area (Å²) in [5.74, 6) is -1.49.